The van der Waals surface area contributed by atoms with E-state index in [1.54, 1.807) is 43.1 Å². The molecule has 0 spiro atoms. The summed E-state index contributed by atoms with van der Waals surface area (Å²) in [5.41, 5.74) is 1.20. The summed E-state index contributed by atoms with van der Waals surface area (Å²) in [6.45, 7) is -0.124. The van der Waals surface area contributed by atoms with Gasteiger partial charge in [0.05, 0.1) is 0 Å². The lowest BCUT2D eigenvalue weighted by atomic mass is 10.2. The Bertz CT molecular complexity index is 686. The summed E-state index contributed by atoms with van der Waals surface area (Å²) in [5.74, 6) is 0.0139. The Labute approximate surface area is 139 Å². The quantitative estimate of drug-likeness (QED) is 0.799. The molecule has 0 heterocycles. The van der Waals surface area contributed by atoms with Gasteiger partial charge in [-0.1, -0.05) is 6.07 Å². The molecule has 6 heteroatoms. The van der Waals surface area contributed by atoms with Crippen LogP contribution in [0.25, 0.3) is 0 Å². The Balaban J connectivity index is 1.89. The van der Waals surface area contributed by atoms with Gasteiger partial charge in [-0.3, -0.25) is 9.59 Å². The molecule has 0 fully saturated rings. The summed E-state index contributed by atoms with van der Waals surface area (Å²) in [5, 5.41) is 5.30. The normalized spacial score (nSPS) is 10.0. The highest BCUT2D eigenvalue weighted by molar-refractivity contribution is 7.98. The van der Waals surface area contributed by atoms with Crippen molar-refractivity contribution < 1.29 is 14.3 Å². The Morgan fingerprint density at radius 3 is 2.52 bits per heavy atom. The van der Waals surface area contributed by atoms with Gasteiger partial charge in [-0.05, 0) is 48.7 Å². The zero-order valence-corrected chi connectivity index (χ0v) is 13.8. The number of thioether (sulfide) groups is 1. The van der Waals surface area contributed by atoms with Crippen LogP contribution >= 0.6 is 11.8 Å². The second-order valence-corrected chi connectivity index (χ2v) is 5.55. The van der Waals surface area contributed by atoms with Crippen molar-refractivity contribution in [2.45, 2.75) is 4.90 Å². The molecule has 2 amide bonds. The van der Waals surface area contributed by atoms with Crippen molar-refractivity contribution in [3.8, 4) is 5.75 Å². The fourth-order valence-electron chi connectivity index (χ4n) is 1.89. The molecule has 2 rings (SSSR count). The molecule has 2 aromatic carbocycles. The van der Waals surface area contributed by atoms with E-state index in [-0.39, 0.29) is 18.4 Å². The SMILES string of the molecule is CNC(=O)c1cccc(OCC(=O)Nc2ccc(SC)cc2)c1. The molecule has 5 nitrogen and oxygen atoms in total. The van der Waals surface area contributed by atoms with Crippen LogP contribution in [0.4, 0.5) is 5.69 Å². The van der Waals surface area contributed by atoms with E-state index >= 15 is 0 Å². The summed E-state index contributed by atoms with van der Waals surface area (Å²) in [6, 6.07) is 14.2. The largest absolute Gasteiger partial charge is 0.484 e. The highest BCUT2D eigenvalue weighted by Gasteiger charge is 2.07. The second-order valence-electron chi connectivity index (χ2n) is 4.67. The number of ether oxygens (including phenoxy) is 1. The standard InChI is InChI=1S/C17H18N2O3S/c1-18-17(21)12-4-3-5-14(10-12)22-11-16(20)19-13-6-8-15(23-2)9-7-13/h3-10H,11H2,1-2H3,(H,18,21)(H,19,20). The predicted molar refractivity (Wildman–Crippen MR) is 92.2 cm³/mol. The minimum atomic E-state index is -0.257. The van der Waals surface area contributed by atoms with Gasteiger partial charge in [-0.25, -0.2) is 0 Å². The smallest absolute Gasteiger partial charge is 0.262 e. The van der Waals surface area contributed by atoms with Gasteiger partial charge < -0.3 is 15.4 Å². The van der Waals surface area contributed by atoms with Crippen LogP contribution < -0.4 is 15.4 Å². The van der Waals surface area contributed by atoms with E-state index in [0.29, 0.717) is 11.3 Å². The summed E-state index contributed by atoms with van der Waals surface area (Å²) in [4.78, 5) is 24.6. The van der Waals surface area contributed by atoms with E-state index in [0.717, 1.165) is 10.6 Å². The van der Waals surface area contributed by atoms with Gasteiger partial charge in [-0.15, -0.1) is 11.8 Å². The van der Waals surface area contributed by atoms with Crippen molar-refractivity contribution in [2.75, 3.05) is 25.2 Å². The molecule has 0 aliphatic heterocycles. The molecule has 0 aliphatic rings. The zero-order chi connectivity index (χ0) is 16.7. The Hall–Kier alpha value is -2.47. The highest BCUT2D eigenvalue weighted by Crippen LogP contribution is 2.17. The van der Waals surface area contributed by atoms with Gasteiger partial charge in [0, 0.05) is 23.2 Å². The molecule has 0 aromatic heterocycles. The molecule has 0 radical (unpaired) electrons. The summed E-state index contributed by atoms with van der Waals surface area (Å²) in [7, 11) is 1.56. The second kappa shape index (κ2) is 8.24. The molecule has 0 bridgehead atoms. The molecule has 120 valence electrons. The minimum absolute atomic E-state index is 0.124. The Morgan fingerprint density at radius 2 is 1.87 bits per heavy atom. The van der Waals surface area contributed by atoms with Gasteiger partial charge in [0.1, 0.15) is 5.75 Å². The van der Waals surface area contributed by atoms with E-state index in [2.05, 4.69) is 10.6 Å². The van der Waals surface area contributed by atoms with Crippen LogP contribution in [0.2, 0.25) is 0 Å². The molecule has 23 heavy (non-hydrogen) atoms. The van der Waals surface area contributed by atoms with E-state index in [4.69, 9.17) is 4.74 Å². The minimum Gasteiger partial charge on any atom is -0.484 e. The lowest BCUT2D eigenvalue weighted by Crippen LogP contribution is -2.20. The van der Waals surface area contributed by atoms with Crippen LogP contribution in [0, 0.1) is 0 Å². The van der Waals surface area contributed by atoms with Gasteiger partial charge in [0.2, 0.25) is 0 Å². The topological polar surface area (TPSA) is 67.4 Å². The number of carbonyl (C=O) groups excluding carboxylic acids is 2. The first-order valence-electron chi connectivity index (χ1n) is 7.01. The van der Waals surface area contributed by atoms with E-state index in [1.807, 2.05) is 30.5 Å². The summed E-state index contributed by atoms with van der Waals surface area (Å²) >= 11 is 1.64. The maximum atomic E-state index is 11.9. The van der Waals surface area contributed by atoms with Crippen molar-refractivity contribution in [2.24, 2.45) is 0 Å². The number of nitrogens with one attached hydrogen (secondary N) is 2. The fraction of sp³-hybridized carbons (Fsp3) is 0.176. The molecule has 2 N–H and O–H groups in total. The molecule has 0 unspecified atom stereocenters. The number of rotatable bonds is 6. The summed E-state index contributed by atoms with van der Waals surface area (Å²) in [6.07, 6.45) is 1.99. The Morgan fingerprint density at radius 1 is 1.13 bits per heavy atom. The fourth-order valence-corrected chi connectivity index (χ4v) is 2.30. The van der Waals surface area contributed by atoms with E-state index < -0.39 is 0 Å². The zero-order valence-electron chi connectivity index (χ0n) is 13.0. The average molecular weight is 330 g/mol. The van der Waals surface area contributed by atoms with Crippen LogP contribution in [0.5, 0.6) is 5.75 Å². The van der Waals surface area contributed by atoms with Gasteiger partial charge in [0.15, 0.2) is 6.61 Å². The molecule has 0 saturated heterocycles. The lowest BCUT2D eigenvalue weighted by molar-refractivity contribution is -0.118. The van der Waals surface area contributed by atoms with Crippen molar-refractivity contribution in [1.29, 1.82) is 0 Å². The monoisotopic (exact) mass is 330 g/mol. The number of amides is 2. The maximum Gasteiger partial charge on any atom is 0.262 e. The first-order chi connectivity index (χ1) is 11.1. The van der Waals surface area contributed by atoms with Gasteiger partial charge >= 0.3 is 0 Å². The number of benzene rings is 2. The highest BCUT2D eigenvalue weighted by atomic mass is 32.2. The summed E-state index contributed by atoms with van der Waals surface area (Å²) < 4.78 is 5.42. The van der Waals surface area contributed by atoms with Gasteiger partial charge in [-0.2, -0.15) is 0 Å². The van der Waals surface area contributed by atoms with Crippen LogP contribution in [0.1, 0.15) is 10.4 Å². The third-order valence-electron chi connectivity index (χ3n) is 3.07. The number of carbonyl (C=O) groups is 2. The molecule has 0 atom stereocenters. The molecule has 0 saturated carbocycles. The molecule has 2 aromatic rings. The third-order valence-corrected chi connectivity index (χ3v) is 3.81. The average Bonchev–Trinajstić information content (AvgIpc) is 2.60. The van der Waals surface area contributed by atoms with Crippen molar-refractivity contribution >= 4 is 29.3 Å². The first-order valence-corrected chi connectivity index (χ1v) is 8.23. The molecular formula is C17H18N2O3S. The Kier molecular flexibility index (Phi) is 6.05. The molecule has 0 aliphatic carbocycles. The molecular weight excluding hydrogens is 312 g/mol. The lowest BCUT2D eigenvalue weighted by Gasteiger charge is -2.09. The van der Waals surface area contributed by atoms with Crippen LogP contribution in [-0.2, 0) is 4.79 Å². The number of anilines is 1. The van der Waals surface area contributed by atoms with Crippen LogP contribution in [0.15, 0.2) is 53.4 Å². The van der Waals surface area contributed by atoms with Crippen molar-refractivity contribution in [1.82, 2.24) is 5.32 Å². The van der Waals surface area contributed by atoms with E-state index in [1.165, 1.54) is 0 Å². The first kappa shape index (κ1) is 16.9. The predicted octanol–water partition coefficient (Wildman–Crippen LogP) is 2.79. The maximum absolute atomic E-state index is 11.9. The van der Waals surface area contributed by atoms with Crippen LogP contribution in [0.3, 0.4) is 0 Å². The third kappa shape index (κ3) is 5.03. The number of hydrogen-bond acceptors (Lipinski definition) is 4. The van der Waals surface area contributed by atoms with Gasteiger partial charge in [0.25, 0.3) is 11.8 Å². The van der Waals surface area contributed by atoms with Crippen molar-refractivity contribution in [3.63, 3.8) is 0 Å². The van der Waals surface area contributed by atoms with Crippen molar-refractivity contribution in [3.05, 3.63) is 54.1 Å². The van der Waals surface area contributed by atoms with Crippen LogP contribution in [-0.4, -0.2) is 31.7 Å². The number of hydrogen-bond donors (Lipinski definition) is 2. The van der Waals surface area contributed by atoms with E-state index in [9.17, 15) is 9.59 Å².